The van der Waals surface area contributed by atoms with Gasteiger partial charge in [-0.05, 0) is 24.3 Å². The molecule has 0 saturated heterocycles. The highest BCUT2D eigenvalue weighted by molar-refractivity contribution is 6.08. The number of hydrogen-bond acceptors (Lipinski definition) is 5. The number of carbonyl (C=O) groups is 1. The number of rotatable bonds is 2. The van der Waals surface area contributed by atoms with Gasteiger partial charge in [0.05, 0.1) is 0 Å². The van der Waals surface area contributed by atoms with Crippen LogP contribution in [0.1, 0.15) is 0 Å². The molecule has 5 nitrogen and oxygen atoms in total. The third-order valence-electron chi connectivity index (χ3n) is 5.12. The van der Waals surface area contributed by atoms with Crippen molar-refractivity contribution in [2.45, 2.75) is 0 Å². The smallest absolute Gasteiger partial charge is 0.452 e. The fourth-order valence-corrected chi connectivity index (χ4v) is 3.80. The summed E-state index contributed by atoms with van der Waals surface area (Å²) in [5, 5.41) is 3.65. The first-order valence-corrected chi connectivity index (χ1v) is 9.48. The average Bonchev–Trinajstić information content (AvgIpc) is 3.34. The summed E-state index contributed by atoms with van der Waals surface area (Å²) in [5.41, 5.74) is 2.45. The van der Waals surface area contributed by atoms with E-state index in [1.807, 2.05) is 72.8 Å². The fraction of sp³-hybridized carbons (Fsp3) is 0. The Bertz CT molecular complexity index is 1450. The van der Waals surface area contributed by atoms with E-state index in [4.69, 9.17) is 18.3 Å². The molecule has 0 radical (unpaired) electrons. The van der Waals surface area contributed by atoms with Crippen LogP contribution in [0.15, 0.2) is 93.8 Å². The summed E-state index contributed by atoms with van der Waals surface area (Å²) in [4.78, 5) is 12.6. The molecule has 6 aromatic rings. The van der Waals surface area contributed by atoms with Crippen molar-refractivity contribution in [1.82, 2.24) is 0 Å². The van der Waals surface area contributed by atoms with Crippen LogP contribution in [-0.4, -0.2) is 6.16 Å². The lowest BCUT2D eigenvalue weighted by molar-refractivity contribution is 0.152. The maximum absolute atomic E-state index is 12.6. The number of benzene rings is 4. The van der Waals surface area contributed by atoms with Gasteiger partial charge in [-0.15, -0.1) is 0 Å². The van der Waals surface area contributed by atoms with Crippen LogP contribution in [-0.2, 0) is 0 Å². The van der Waals surface area contributed by atoms with Crippen molar-refractivity contribution in [3.05, 3.63) is 84.9 Å². The largest absolute Gasteiger partial charge is 0.519 e. The Hall–Kier alpha value is -4.25. The molecule has 2 heterocycles. The number of para-hydroxylation sites is 4. The van der Waals surface area contributed by atoms with Gasteiger partial charge in [-0.25, -0.2) is 4.79 Å². The lowest BCUT2D eigenvalue weighted by Crippen LogP contribution is -2.13. The predicted octanol–water partition coefficient (Wildman–Crippen LogP) is 7.06. The Labute approximate surface area is 170 Å². The number of ether oxygens (including phenoxy) is 2. The van der Waals surface area contributed by atoms with Crippen molar-refractivity contribution in [2.75, 3.05) is 0 Å². The van der Waals surface area contributed by atoms with Crippen LogP contribution >= 0.6 is 0 Å². The SMILES string of the molecule is O=C(Oc1cccc2c1oc1ccccc12)Oc1cccc2c1oc1ccccc12. The molecule has 0 N–H and O–H groups in total. The molecule has 0 amide bonds. The molecule has 0 unspecified atom stereocenters. The second-order valence-electron chi connectivity index (χ2n) is 6.92. The molecular formula is C25H14O5. The predicted molar refractivity (Wildman–Crippen MR) is 114 cm³/mol. The molecule has 5 heteroatoms. The van der Waals surface area contributed by atoms with Gasteiger partial charge in [0.25, 0.3) is 0 Å². The summed E-state index contributed by atoms with van der Waals surface area (Å²) in [6.07, 6.45) is -0.865. The van der Waals surface area contributed by atoms with E-state index in [-0.39, 0.29) is 0 Å². The summed E-state index contributed by atoms with van der Waals surface area (Å²) < 4.78 is 22.8. The van der Waals surface area contributed by atoms with Gasteiger partial charge in [0.1, 0.15) is 11.2 Å². The van der Waals surface area contributed by atoms with Gasteiger partial charge in [0.15, 0.2) is 22.7 Å². The number of carbonyl (C=O) groups excluding carboxylic acids is 1. The molecule has 144 valence electrons. The van der Waals surface area contributed by atoms with Gasteiger partial charge in [-0.2, -0.15) is 0 Å². The molecule has 4 aromatic carbocycles. The second kappa shape index (κ2) is 6.39. The van der Waals surface area contributed by atoms with Crippen molar-refractivity contribution >= 4 is 50.0 Å². The van der Waals surface area contributed by atoms with E-state index in [0.29, 0.717) is 22.7 Å². The lowest BCUT2D eigenvalue weighted by Gasteiger charge is -2.06. The van der Waals surface area contributed by atoms with Crippen LogP contribution in [0, 0.1) is 0 Å². The van der Waals surface area contributed by atoms with Gasteiger partial charge >= 0.3 is 6.16 Å². The average molecular weight is 394 g/mol. The molecule has 0 saturated carbocycles. The number of furan rings is 2. The highest BCUT2D eigenvalue weighted by Crippen LogP contribution is 2.36. The summed E-state index contributed by atoms with van der Waals surface area (Å²) in [6.45, 7) is 0. The zero-order valence-corrected chi connectivity index (χ0v) is 15.6. The third kappa shape index (κ3) is 2.53. The molecule has 0 atom stereocenters. The van der Waals surface area contributed by atoms with Crippen molar-refractivity contribution < 1.29 is 23.1 Å². The molecule has 0 aliphatic carbocycles. The minimum absolute atomic E-state index is 0.297. The highest BCUT2D eigenvalue weighted by atomic mass is 16.7. The van der Waals surface area contributed by atoms with Gasteiger partial charge in [0.2, 0.25) is 0 Å². The molecule has 30 heavy (non-hydrogen) atoms. The molecule has 0 aliphatic rings. The van der Waals surface area contributed by atoms with E-state index in [9.17, 15) is 4.79 Å². The van der Waals surface area contributed by atoms with Gasteiger partial charge in [-0.3, -0.25) is 0 Å². The van der Waals surface area contributed by atoms with Crippen molar-refractivity contribution in [3.63, 3.8) is 0 Å². The molecule has 0 aliphatic heterocycles. The molecule has 0 fully saturated rings. The van der Waals surface area contributed by atoms with Crippen LogP contribution in [0.3, 0.4) is 0 Å². The van der Waals surface area contributed by atoms with Crippen molar-refractivity contribution in [2.24, 2.45) is 0 Å². The van der Waals surface area contributed by atoms with E-state index < -0.39 is 6.16 Å². The van der Waals surface area contributed by atoms with Gasteiger partial charge < -0.3 is 18.3 Å². The van der Waals surface area contributed by atoms with Gasteiger partial charge in [-0.1, -0.05) is 60.7 Å². The minimum atomic E-state index is -0.865. The summed E-state index contributed by atoms with van der Waals surface area (Å²) >= 11 is 0. The van der Waals surface area contributed by atoms with E-state index in [1.54, 1.807) is 12.1 Å². The fourth-order valence-electron chi connectivity index (χ4n) is 3.80. The highest BCUT2D eigenvalue weighted by Gasteiger charge is 2.18. The Morgan fingerprint density at radius 1 is 0.533 bits per heavy atom. The summed E-state index contributed by atoms with van der Waals surface area (Å²) in [7, 11) is 0. The first kappa shape index (κ1) is 16.7. The molecule has 6 rings (SSSR count). The van der Waals surface area contributed by atoms with Crippen LogP contribution in [0.25, 0.3) is 43.9 Å². The lowest BCUT2D eigenvalue weighted by atomic mass is 10.1. The Morgan fingerprint density at radius 2 is 0.967 bits per heavy atom. The Kier molecular flexibility index (Phi) is 3.55. The van der Waals surface area contributed by atoms with Crippen LogP contribution in [0.5, 0.6) is 11.5 Å². The monoisotopic (exact) mass is 394 g/mol. The van der Waals surface area contributed by atoms with E-state index in [1.165, 1.54) is 0 Å². The van der Waals surface area contributed by atoms with Crippen LogP contribution in [0.2, 0.25) is 0 Å². The maximum Gasteiger partial charge on any atom is 0.519 e. The third-order valence-corrected chi connectivity index (χ3v) is 5.12. The Balaban J connectivity index is 1.36. The van der Waals surface area contributed by atoms with E-state index in [2.05, 4.69) is 0 Å². The Morgan fingerprint density at radius 3 is 1.47 bits per heavy atom. The zero-order valence-electron chi connectivity index (χ0n) is 15.6. The van der Waals surface area contributed by atoms with Crippen LogP contribution in [0.4, 0.5) is 4.79 Å². The van der Waals surface area contributed by atoms with Crippen molar-refractivity contribution in [1.29, 1.82) is 0 Å². The first-order valence-electron chi connectivity index (χ1n) is 9.48. The quantitative estimate of drug-likeness (QED) is 0.232. The molecular weight excluding hydrogens is 380 g/mol. The first-order chi connectivity index (χ1) is 14.8. The standard InChI is InChI=1S/C25H14O5/c26-25(29-21-13-5-9-17-15-7-1-3-11-19(15)27-23(17)21)30-22-14-6-10-18-16-8-2-4-12-20(16)28-24(18)22/h1-14H. The van der Waals surface area contributed by atoms with Gasteiger partial charge in [0, 0.05) is 21.5 Å². The topological polar surface area (TPSA) is 61.8 Å². The molecule has 0 spiro atoms. The second-order valence-corrected chi connectivity index (χ2v) is 6.92. The maximum atomic E-state index is 12.6. The van der Waals surface area contributed by atoms with Crippen molar-refractivity contribution in [3.8, 4) is 11.5 Å². The normalized spacial score (nSPS) is 11.5. The zero-order chi connectivity index (χ0) is 20.1. The minimum Gasteiger partial charge on any atom is -0.452 e. The number of fused-ring (bicyclic) bond motifs is 6. The van der Waals surface area contributed by atoms with E-state index >= 15 is 0 Å². The van der Waals surface area contributed by atoms with E-state index in [0.717, 1.165) is 32.7 Å². The summed E-state index contributed by atoms with van der Waals surface area (Å²) in [5.74, 6) is 0.593. The molecule has 2 aromatic heterocycles. The molecule has 0 bridgehead atoms. The summed E-state index contributed by atoms with van der Waals surface area (Å²) in [6, 6.07) is 26.2. The van der Waals surface area contributed by atoms with Crippen LogP contribution < -0.4 is 9.47 Å². The number of hydrogen-bond donors (Lipinski definition) is 0.